The highest BCUT2D eigenvalue weighted by Crippen LogP contribution is 2.25. The summed E-state index contributed by atoms with van der Waals surface area (Å²) in [6.07, 6.45) is 1.75. The Bertz CT molecular complexity index is 951. The fourth-order valence-electron chi connectivity index (χ4n) is 2.65. The zero-order chi connectivity index (χ0) is 19.6. The smallest absolute Gasteiger partial charge is 0.274 e. The monoisotopic (exact) mass is 412 g/mol. The molecule has 3 aromatic rings. The molecule has 0 spiro atoms. The van der Waals surface area contributed by atoms with Crippen molar-refractivity contribution >= 4 is 38.1 Å². The Labute approximate surface area is 174 Å². The van der Waals surface area contributed by atoms with Crippen molar-refractivity contribution in [2.45, 2.75) is 12.8 Å². The molecular formula is C23H24O3S2. The predicted octanol–water partition coefficient (Wildman–Crippen LogP) is 5.84. The van der Waals surface area contributed by atoms with Gasteiger partial charge in [0.15, 0.2) is 5.75 Å². The Morgan fingerprint density at radius 2 is 1.71 bits per heavy atom. The fraction of sp³-hybridized carbons (Fsp3) is 0.261. The molecule has 0 radical (unpaired) electrons. The Balaban J connectivity index is 1.27. The van der Waals surface area contributed by atoms with Gasteiger partial charge in [0.05, 0.1) is 6.61 Å². The lowest BCUT2D eigenvalue weighted by Crippen LogP contribution is -2.08. The number of hydrogen-bond acceptors (Lipinski definition) is 5. The summed E-state index contributed by atoms with van der Waals surface area (Å²) in [7, 11) is 0. The second-order valence-electron chi connectivity index (χ2n) is 6.24. The maximum Gasteiger partial charge on any atom is 0.274 e. The first-order valence-corrected chi connectivity index (χ1v) is 11.1. The highest BCUT2D eigenvalue weighted by molar-refractivity contribution is 8.08. The van der Waals surface area contributed by atoms with Gasteiger partial charge in [0.1, 0.15) is 0 Å². The highest BCUT2D eigenvalue weighted by Gasteiger charge is 2.04. The number of hydrogen-bond donors (Lipinski definition) is 0. The average Bonchev–Trinajstić information content (AvgIpc) is 2.73. The van der Waals surface area contributed by atoms with Gasteiger partial charge in [-0.2, -0.15) is 0 Å². The van der Waals surface area contributed by atoms with E-state index in [9.17, 15) is 4.79 Å². The molecule has 1 heterocycles. The minimum absolute atomic E-state index is 0.0321. The molecule has 1 aromatic heterocycles. The molecule has 2 aromatic carbocycles. The van der Waals surface area contributed by atoms with Crippen LogP contribution in [0.15, 0.2) is 72.0 Å². The van der Waals surface area contributed by atoms with E-state index in [4.69, 9.17) is 9.47 Å². The molecule has 3 rings (SSSR count). The Morgan fingerprint density at radius 3 is 2.57 bits per heavy atom. The fourth-order valence-corrected chi connectivity index (χ4v) is 4.27. The largest absolute Gasteiger partial charge is 0.488 e. The molecular weight excluding hydrogens is 388 g/mol. The topological polar surface area (TPSA) is 35.5 Å². The maximum atomic E-state index is 12.1. The zero-order valence-electron chi connectivity index (χ0n) is 15.8. The van der Waals surface area contributed by atoms with Crippen molar-refractivity contribution in [3.63, 3.8) is 0 Å². The molecule has 0 unspecified atom stereocenters. The molecule has 28 heavy (non-hydrogen) atoms. The minimum Gasteiger partial charge on any atom is -0.488 e. The third kappa shape index (κ3) is 6.23. The number of thioether (sulfide) groups is 1. The molecule has 0 saturated heterocycles. The Morgan fingerprint density at radius 1 is 0.964 bits per heavy atom. The normalized spacial score (nSPS) is 10.9. The van der Waals surface area contributed by atoms with Crippen molar-refractivity contribution in [2.24, 2.45) is 0 Å². The molecule has 0 fully saturated rings. The summed E-state index contributed by atoms with van der Waals surface area (Å²) in [5.41, 5.74) is 1.18. The van der Waals surface area contributed by atoms with Crippen LogP contribution in [-0.2, 0) is 4.74 Å². The van der Waals surface area contributed by atoms with E-state index in [2.05, 4.69) is 18.7 Å². The van der Waals surface area contributed by atoms with Crippen molar-refractivity contribution in [1.29, 1.82) is 0 Å². The summed E-state index contributed by atoms with van der Waals surface area (Å²) in [5.74, 6) is 1.42. The Hall–Kier alpha value is -2.08. The average molecular weight is 413 g/mol. The molecule has 0 saturated carbocycles. The quantitative estimate of drug-likeness (QED) is 0.371. The van der Waals surface area contributed by atoms with Gasteiger partial charge in [-0.1, -0.05) is 66.4 Å². The van der Waals surface area contributed by atoms with E-state index >= 15 is 0 Å². The van der Waals surface area contributed by atoms with Gasteiger partial charge < -0.3 is 9.47 Å². The van der Waals surface area contributed by atoms with Gasteiger partial charge in [0.25, 0.3) is 4.74 Å². The van der Waals surface area contributed by atoms with Crippen LogP contribution in [0.2, 0.25) is 0 Å². The Kier molecular flexibility index (Phi) is 8.15. The molecule has 0 aliphatic carbocycles. The predicted molar refractivity (Wildman–Crippen MR) is 122 cm³/mol. The number of fused-ring (bicyclic) bond motifs is 1. The lowest BCUT2D eigenvalue weighted by Gasteiger charge is -2.08. The summed E-state index contributed by atoms with van der Waals surface area (Å²) < 4.78 is 12.3. The van der Waals surface area contributed by atoms with Gasteiger partial charge in [-0.25, -0.2) is 0 Å². The second-order valence-corrected chi connectivity index (χ2v) is 8.45. The third-order valence-corrected chi connectivity index (χ3v) is 6.16. The van der Waals surface area contributed by atoms with E-state index < -0.39 is 0 Å². The van der Waals surface area contributed by atoms with Crippen LogP contribution in [0.3, 0.4) is 0 Å². The van der Waals surface area contributed by atoms with Crippen LogP contribution in [0.25, 0.3) is 15.0 Å². The molecule has 0 aliphatic heterocycles. The number of rotatable bonds is 11. The summed E-state index contributed by atoms with van der Waals surface area (Å²) in [6.45, 7) is 5.96. The van der Waals surface area contributed by atoms with Gasteiger partial charge in [-0.15, -0.1) is 11.8 Å². The molecule has 0 amide bonds. The minimum atomic E-state index is -0.0321. The van der Waals surface area contributed by atoms with E-state index in [-0.39, 0.29) is 4.74 Å². The van der Waals surface area contributed by atoms with Gasteiger partial charge in [-0.3, -0.25) is 4.79 Å². The van der Waals surface area contributed by atoms with E-state index in [1.54, 1.807) is 11.8 Å². The van der Waals surface area contributed by atoms with Crippen LogP contribution >= 0.6 is 23.1 Å². The maximum absolute atomic E-state index is 12.1. The lowest BCUT2D eigenvalue weighted by molar-refractivity contribution is 0.120. The molecule has 0 aliphatic rings. The number of ether oxygens (including phenoxy) is 2. The van der Waals surface area contributed by atoms with Crippen molar-refractivity contribution < 1.29 is 9.47 Å². The van der Waals surface area contributed by atoms with Crippen LogP contribution in [-0.4, -0.2) is 25.6 Å². The standard InChI is InChI=1S/C23H24O3S2/c1-18(19-9-3-2-4-10-19)27-16-8-14-25-13-7-15-26-21-17-20-11-5-6-12-22(20)28-23(21)24/h2-6,9-12,17H,1,7-8,13-16H2. The van der Waals surface area contributed by atoms with Gasteiger partial charge in [0.2, 0.25) is 0 Å². The van der Waals surface area contributed by atoms with Gasteiger partial charge in [-0.05, 0) is 29.5 Å². The van der Waals surface area contributed by atoms with Crippen LogP contribution in [0.4, 0.5) is 0 Å². The molecule has 5 heteroatoms. The summed E-state index contributed by atoms with van der Waals surface area (Å²) >= 11 is 2.99. The van der Waals surface area contributed by atoms with E-state index in [1.807, 2.05) is 48.5 Å². The van der Waals surface area contributed by atoms with E-state index in [0.717, 1.165) is 40.2 Å². The third-order valence-electron chi connectivity index (χ3n) is 4.11. The number of benzene rings is 2. The first-order chi connectivity index (χ1) is 13.7. The van der Waals surface area contributed by atoms with E-state index in [1.165, 1.54) is 16.9 Å². The van der Waals surface area contributed by atoms with Crippen molar-refractivity contribution in [2.75, 3.05) is 25.6 Å². The lowest BCUT2D eigenvalue weighted by atomic mass is 10.2. The van der Waals surface area contributed by atoms with Gasteiger partial charge in [0, 0.05) is 35.0 Å². The summed E-state index contributed by atoms with van der Waals surface area (Å²) in [4.78, 5) is 13.2. The molecule has 0 atom stereocenters. The van der Waals surface area contributed by atoms with Crippen molar-refractivity contribution in [3.8, 4) is 5.75 Å². The van der Waals surface area contributed by atoms with Crippen LogP contribution < -0.4 is 9.48 Å². The molecule has 0 N–H and O–H groups in total. The summed E-state index contributed by atoms with van der Waals surface area (Å²) in [6, 6.07) is 19.9. The first kappa shape index (κ1) is 20.6. The first-order valence-electron chi connectivity index (χ1n) is 9.34. The zero-order valence-corrected chi connectivity index (χ0v) is 17.4. The van der Waals surface area contributed by atoms with Crippen LogP contribution in [0.1, 0.15) is 18.4 Å². The molecule has 146 valence electrons. The van der Waals surface area contributed by atoms with Crippen molar-refractivity contribution in [3.05, 3.63) is 82.3 Å². The van der Waals surface area contributed by atoms with E-state index in [0.29, 0.717) is 19.0 Å². The second kappa shape index (κ2) is 11.1. The SMILES string of the molecule is C=C(SCCCOCCCOc1cc2ccccc2sc1=O)c1ccccc1. The van der Waals surface area contributed by atoms with Crippen LogP contribution in [0, 0.1) is 0 Å². The summed E-state index contributed by atoms with van der Waals surface area (Å²) in [5, 5.41) is 1.04. The van der Waals surface area contributed by atoms with Crippen molar-refractivity contribution in [1.82, 2.24) is 0 Å². The highest BCUT2D eigenvalue weighted by atomic mass is 32.2. The molecule has 0 bridgehead atoms. The molecule has 3 nitrogen and oxygen atoms in total. The van der Waals surface area contributed by atoms with Gasteiger partial charge >= 0.3 is 0 Å². The van der Waals surface area contributed by atoms with Crippen LogP contribution in [0.5, 0.6) is 5.75 Å².